The Morgan fingerprint density at radius 1 is 0.971 bits per heavy atom. The minimum atomic E-state index is -0.698. The predicted octanol–water partition coefficient (Wildman–Crippen LogP) is 4.46. The fourth-order valence-electron chi connectivity index (χ4n) is 3.46. The number of nitrogens with two attached hydrogens (primary N) is 1. The second-order valence-corrected chi connectivity index (χ2v) is 7.75. The summed E-state index contributed by atoms with van der Waals surface area (Å²) in [5.74, 6) is -1.28. The lowest BCUT2D eigenvalue weighted by Crippen LogP contribution is -2.20. The zero-order chi connectivity index (χ0) is 24.9. The maximum Gasteiger partial charge on any atom is 0.323 e. The molecule has 2 amide bonds. The van der Waals surface area contributed by atoms with Gasteiger partial charge in [0.05, 0.1) is 22.8 Å². The van der Waals surface area contributed by atoms with E-state index >= 15 is 0 Å². The van der Waals surface area contributed by atoms with Gasteiger partial charge in [-0.05, 0) is 61.0 Å². The van der Waals surface area contributed by atoms with Crippen molar-refractivity contribution in [1.29, 1.82) is 0 Å². The van der Waals surface area contributed by atoms with Crippen LogP contribution in [0.15, 0.2) is 60.8 Å². The van der Waals surface area contributed by atoms with E-state index in [4.69, 9.17) is 5.73 Å². The zero-order valence-electron chi connectivity index (χ0n) is 18.7. The van der Waals surface area contributed by atoms with E-state index in [0.717, 1.165) is 6.07 Å². The monoisotopic (exact) mass is 476 g/mol. The summed E-state index contributed by atoms with van der Waals surface area (Å²) in [7, 11) is 0. The molecule has 0 saturated heterocycles. The van der Waals surface area contributed by atoms with Gasteiger partial charge in [-0.1, -0.05) is 6.07 Å². The molecule has 178 valence electrons. The Labute approximate surface area is 199 Å². The first-order chi connectivity index (χ1) is 16.8. The van der Waals surface area contributed by atoms with Gasteiger partial charge in [0.2, 0.25) is 0 Å². The maximum atomic E-state index is 14.9. The van der Waals surface area contributed by atoms with Gasteiger partial charge in [0, 0.05) is 30.0 Å². The highest BCUT2D eigenvalue weighted by atomic mass is 19.1. The molecule has 4 aromatic rings. The first-order valence-electron chi connectivity index (χ1n) is 10.7. The molecule has 0 bridgehead atoms. The summed E-state index contributed by atoms with van der Waals surface area (Å²) in [6.07, 6.45) is 1.56. The quantitative estimate of drug-likeness (QED) is 0.292. The Bertz CT molecular complexity index is 1430. The lowest BCUT2D eigenvalue weighted by atomic mass is 9.99. The van der Waals surface area contributed by atoms with Crippen molar-refractivity contribution in [3.63, 3.8) is 0 Å². The molecule has 1 aromatic heterocycles. The average molecular weight is 476 g/mol. The van der Waals surface area contributed by atoms with Gasteiger partial charge in [-0.15, -0.1) is 0 Å². The molecule has 0 atom stereocenters. The number of ketones is 1. The van der Waals surface area contributed by atoms with Gasteiger partial charge in [0.25, 0.3) is 0 Å². The number of anilines is 3. The number of nitrogens with one attached hydrogen (secondary N) is 3. The molecule has 0 aliphatic rings. The minimum absolute atomic E-state index is 0.172. The van der Waals surface area contributed by atoms with Crippen molar-refractivity contribution in [3.05, 3.63) is 89.1 Å². The Morgan fingerprint density at radius 2 is 1.77 bits per heavy atom. The van der Waals surface area contributed by atoms with E-state index in [1.807, 2.05) is 0 Å². The highest BCUT2D eigenvalue weighted by Gasteiger charge is 2.19. The van der Waals surface area contributed by atoms with Gasteiger partial charge in [-0.3, -0.25) is 9.78 Å². The summed E-state index contributed by atoms with van der Waals surface area (Å²) in [5.41, 5.74) is 7.14. The summed E-state index contributed by atoms with van der Waals surface area (Å²) in [6.45, 7) is 2.42. The SMILES string of the molecule is Cc1cc(NC(=O)Nc2cccc(F)c2)cc(C(=O)c2ccc3ncc(NCCN)nc3c2)c1F. The standard InChI is InChI=1S/C25H22F2N6O2/c1-14-9-18(32-25(35)31-17-4-2-3-16(26)11-17)12-19(23(14)27)24(34)15-5-6-20-21(10-15)33-22(13-30-20)29-8-7-28/h2-6,9-13H,7-8,28H2,1H3,(H,29,33)(H2,31,32,35). The molecule has 0 saturated carbocycles. The van der Waals surface area contributed by atoms with Crippen LogP contribution >= 0.6 is 0 Å². The molecule has 0 fully saturated rings. The van der Waals surface area contributed by atoms with Crippen LogP contribution in [-0.4, -0.2) is 34.9 Å². The number of aromatic nitrogens is 2. The Balaban J connectivity index is 1.59. The number of amides is 2. The molecule has 35 heavy (non-hydrogen) atoms. The molecule has 8 nitrogen and oxygen atoms in total. The van der Waals surface area contributed by atoms with Crippen molar-refractivity contribution in [2.75, 3.05) is 29.0 Å². The number of aryl methyl sites for hydroxylation is 1. The highest BCUT2D eigenvalue weighted by Crippen LogP contribution is 2.24. The summed E-state index contributed by atoms with van der Waals surface area (Å²) in [6, 6.07) is 12.1. The number of benzene rings is 3. The Hall–Kier alpha value is -4.44. The number of urea groups is 1. The molecule has 4 rings (SSSR count). The minimum Gasteiger partial charge on any atom is -0.368 e. The summed E-state index contributed by atoms with van der Waals surface area (Å²) < 4.78 is 28.3. The summed E-state index contributed by atoms with van der Waals surface area (Å²) in [5, 5.41) is 8.06. The third-order valence-electron chi connectivity index (χ3n) is 5.09. The van der Waals surface area contributed by atoms with Gasteiger partial charge in [0.15, 0.2) is 5.78 Å². The van der Waals surface area contributed by atoms with Crippen molar-refractivity contribution in [2.45, 2.75) is 6.92 Å². The van der Waals surface area contributed by atoms with Crippen molar-refractivity contribution >= 4 is 40.0 Å². The lowest BCUT2D eigenvalue weighted by Gasteiger charge is -2.12. The third kappa shape index (κ3) is 5.56. The molecular formula is C25H22F2N6O2. The first-order valence-corrected chi connectivity index (χ1v) is 10.7. The van der Waals surface area contributed by atoms with E-state index in [1.165, 1.54) is 49.4 Å². The van der Waals surface area contributed by atoms with Crippen LogP contribution in [0.5, 0.6) is 0 Å². The second-order valence-electron chi connectivity index (χ2n) is 7.75. The number of halogens is 2. The molecule has 0 aliphatic heterocycles. The van der Waals surface area contributed by atoms with E-state index < -0.39 is 23.4 Å². The number of carbonyl (C=O) groups excluding carboxylic acids is 2. The fraction of sp³-hybridized carbons (Fsp3) is 0.120. The van der Waals surface area contributed by atoms with E-state index in [-0.39, 0.29) is 28.1 Å². The fourth-order valence-corrected chi connectivity index (χ4v) is 3.46. The van der Waals surface area contributed by atoms with Crippen molar-refractivity contribution < 1.29 is 18.4 Å². The van der Waals surface area contributed by atoms with Crippen LogP contribution in [0.4, 0.5) is 30.8 Å². The predicted molar refractivity (Wildman–Crippen MR) is 131 cm³/mol. The summed E-state index contributed by atoms with van der Waals surface area (Å²) in [4.78, 5) is 34.3. The molecule has 1 heterocycles. The third-order valence-corrected chi connectivity index (χ3v) is 5.09. The van der Waals surface area contributed by atoms with Crippen LogP contribution in [-0.2, 0) is 0 Å². The lowest BCUT2D eigenvalue weighted by molar-refractivity contribution is 0.103. The van der Waals surface area contributed by atoms with Gasteiger partial charge in [0.1, 0.15) is 17.5 Å². The van der Waals surface area contributed by atoms with E-state index in [0.29, 0.717) is 29.9 Å². The van der Waals surface area contributed by atoms with E-state index in [2.05, 4.69) is 25.9 Å². The number of hydrogen-bond donors (Lipinski definition) is 4. The van der Waals surface area contributed by atoms with Gasteiger partial charge in [-0.25, -0.2) is 18.6 Å². The van der Waals surface area contributed by atoms with Crippen molar-refractivity contribution in [3.8, 4) is 0 Å². The normalized spacial score (nSPS) is 10.7. The molecule has 0 spiro atoms. The molecule has 0 unspecified atom stereocenters. The number of hydrogen-bond acceptors (Lipinski definition) is 6. The number of nitrogens with zero attached hydrogens (tertiary/aromatic N) is 2. The molecule has 0 aliphatic carbocycles. The molecular weight excluding hydrogens is 454 g/mol. The van der Waals surface area contributed by atoms with Crippen LogP contribution in [0, 0.1) is 18.6 Å². The topological polar surface area (TPSA) is 122 Å². The summed E-state index contributed by atoms with van der Waals surface area (Å²) >= 11 is 0. The number of fused-ring (bicyclic) bond motifs is 1. The zero-order valence-corrected chi connectivity index (χ0v) is 18.7. The maximum absolute atomic E-state index is 14.9. The van der Waals surface area contributed by atoms with Crippen LogP contribution in [0.1, 0.15) is 21.5 Å². The van der Waals surface area contributed by atoms with Crippen LogP contribution in [0.3, 0.4) is 0 Å². The number of carbonyl (C=O) groups is 2. The Kier molecular flexibility index (Phi) is 6.93. The van der Waals surface area contributed by atoms with Crippen LogP contribution < -0.4 is 21.7 Å². The number of rotatable bonds is 7. The van der Waals surface area contributed by atoms with Crippen LogP contribution in [0.25, 0.3) is 11.0 Å². The van der Waals surface area contributed by atoms with Gasteiger partial charge in [-0.2, -0.15) is 0 Å². The van der Waals surface area contributed by atoms with E-state index in [1.54, 1.807) is 12.3 Å². The molecule has 3 aromatic carbocycles. The largest absolute Gasteiger partial charge is 0.368 e. The Morgan fingerprint density at radius 3 is 2.54 bits per heavy atom. The first kappa shape index (κ1) is 23.7. The molecule has 5 N–H and O–H groups in total. The molecule has 0 radical (unpaired) electrons. The highest BCUT2D eigenvalue weighted by molar-refractivity contribution is 6.11. The van der Waals surface area contributed by atoms with Crippen molar-refractivity contribution in [1.82, 2.24) is 9.97 Å². The van der Waals surface area contributed by atoms with Crippen LogP contribution in [0.2, 0.25) is 0 Å². The van der Waals surface area contributed by atoms with E-state index in [9.17, 15) is 18.4 Å². The molecule has 10 heteroatoms. The second kappa shape index (κ2) is 10.2. The van der Waals surface area contributed by atoms with Gasteiger partial charge < -0.3 is 21.7 Å². The smallest absolute Gasteiger partial charge is 0.323 e. The van der Waals surface area contributed by atoms with Crippen molar-refractivity contribution in [2.24, 2.45) is 5.73 Å². The average Bonchev–Trinajstić information content (AvgIpc) is 2.83. The van der Waals surface area contributed by atoms with Gasteiger partial charge >= 0.3 is 6.03 Å².